The van der Waals surface area contributed by atoms with Crippen molar-refractivity contribution in [3.05, 3.63) is 64.9 Å². The number of carbonyl (C=O) groups excluding carboxylic acids is 1. The molecule has 0 aliphatic carbocycles. The summed E-state index contributed by atoms with van der Waals surface area (Å²) in [4.78, 5) is 18.4. The second-order valence-corrected chi connectivity index (χ2v) is 7.58. The number of aromatic nitrogens is 3. The van der Waals surface area contributed by atoms with Gasteiger partial charge < -0.3 is 4.90 Å². The Balaban J connectivity index is 1.46. The van der Waals surface area contributed by atoms with Gasteiger partial charge in [0.2, 0.25) is 5.91 Å². The highest BCUT2D eigenvalue weighted by Crippen LogP contribution is 2.32. The fourth-order valence-electron chi connectivity index (χ4n) is 3.88. The van der Waals surface area contributed by atoms with Crippen LogP contribution in [0.3, 0.4) is 0 Å². The Kier molecular flexibility index (Phi) is 5.21. The first-order chi connectivity index (χ1) is 14.2. The van der Waals surface area contributed by atoms with Gasteiger partial charge in [-0.15, -0.1) is 0 Å². The van der Waals surface area contributed by atoms with Gasteiger partial charge in [-0.1, -0.05) is 12.1 Å². The minimum atomic E-state index is -4.53. The van der Waals surface area contributed by atoms with Crippen molar-refractivity contribution in [2.45, 2.75) is 38.3 Å². The molecule has 0 spiro atoms. The van der Waals surface area contributed by atoms with E-state index >= 15 is 0 Å². The van der Waals surface area contributed by atoms with E-state index in [9.17, 15) is 22.4 Å². The molecule has 1 aromatic carbocycles. The third-order valence-electron chi connectivity index (χ3n) is 5.37. The maximum Gasteiger partial charge on any atom is 0.433 e. The summed E-state index contributed by atoms with van der Waals surface area (Å²) < 4.78 is 54.2. The molecule has 1 amide bonds. The Labute approximate surface area is 170 Å². The van der Waals surface area contributed by atoms with Crippen LogP contribution < -0.4 is 0 Å². The maximum absolute atomic E-state index is 13.3. The van der Waals surface area contributed by atoms with Crippen LogP contribution in [0, 0.1) is 12.7 Å². The molecule has 9 heteroatoms. The molecule has 5 nitrogen and oxygen atoms in total. The third kappa shape index (κ3) is 4.15. The van der Waals surface area contributed by atoms with Crippen LogP contribution in [0.1, 0.15) is 41.4 Å². The van der Waals surface area contributed by atoms with E-state index in [1.807, 2.05) is 0 Å². The maximum atomic E-state index is 13.3. The quantitative estimate of drug-likeness (QED) is 0.599. The SMILES string of the molecule is Cc1cc(C(F)(F)F)n2nc(C3CCN(C(=O)Cc4cccc(F)c4)CC3)cc2n1. The molecule has 0 atom stereocenters. The van der Waals surface area contributed by atoms with E-state index < -0.39 is 11.9 Å². The van der Waals surface area contributed by atoms with Gasteiger partial charge in [0.15, 0.2) is 5.65 Å². The van der Waals surface area contributed by atoms with Crippen molar-refractivity contribution in [2.24, 2.45) is 0 Å². The predicted octanol–water partition coefficient (Wildman–Crippen LogP) is 4.14. The predicted molar refractivity (Wildman–Crippen MR) is 101 cm³/mol. The van der Waals surface area contributed by atoms with Gasteiger partial charge in [-0.2, -0.15) is 18.3 Å². The average molecular weight is 420 g/mol. The number of alkyl halides is 3. The highest BCUT2D eigenvalue weighted by molar-refractivity contribution is 5.78. The molecule has 158 valence electrons. The number of amides is 1. The highest BCUT2D eigenvalue weighted by atomic mass is 19.4. The molecule has 4 rings (SSSR count). The van der Waals surface area contributed by atoms with E-state index in [-0.39, 0.29) is 35.4 Å². The number of fused-ring (bicyclic) bond motifs is 1. The zero-order chi connectivity index (χ0) is 21.5. The van der Waals surface area contributed by atoms with Gasteiger partial charge in [-0.3, -0.25) is 4.79 Å². The van der Waals surface area contributed by atoms with Crippen molar-refractivity contribution in [1.82, 2.24) is 19.5 Å². The summed E-state index contributed by atoms with van der Waals surface area (Å²) in [5.74, 6) is -0.523. The minimum Gasteiger partial charge on any atom is -0.342 e. The van der Waals surface area contributed by atoms with Gasteiger partial charge in [0, 0.05) is 30.8 Å². The number of carbonyl (C=O) groups is 1. The number of hydrogen-bond donors (Lipinski definition) is 0. The normalized spacial score (nSPS) is 15.7. The average Bonchev–Trinajstić information content (AvgIpc) is 3.10. The first kappa shape index (κ1) is 20.3. The molecule has 1 aliphatic heterocycles. The van der Waals surface area contributed by atoms with Crippen molar-refractivity contribution >= 4 is 11.6 Å². The second-order valence-electron chi connectivity index (χ2n) is 7.58. The number of nitrogens with zero attached hydrogens (tertiary/aromatic N) is 4. The number of hydrogen-bond acceptors (Lipinski definition) is 3. The summed E-state index contributed by atoms with van der Waals surface area (Å²) in [6.45, 7) is 2.47. The third-order valence-corrected chi connectivity index (χ3v) is 5.37. The van der Waals surface area contributed by atoms with E-state index in [4.69, 9.17) is 0 Å². The summed E-state index contributed by atoms with van der Waals surface area (Å²) in [5, 5.41) is 4.18. The Morgan fingerprint density at radius 2 is 1.90 bits per heavy atom. The van der Waals surface area contributed by atoms with Crippen molar-refractivity contribution in [2.75, 3.05) is 13.1 Å². The zero-order valence-corrected chi connectivity index (χ0v) is 16.3. The Hall–Kier alpha value is -2.97. The van der Waals surface area contributed by atoms with Crippen LogP contribution >= 0.6 is 0 Å². The first-order valence-corrected chi connectivity index (χ1v) is 9.67. The monoisotopic (exact) mass is 420 g/mol. The van der Waals surface area contributed by atoms with Gasteiger partial charge in [0.25, 0.3) is 0 Å². The molecule has 1 aliphatic rings. The number of likely N-dealkylation sites (tertiary alicyclic amines) is 1. The molecule has 0 unspecified atom stereocenters. The molecule has 1 saturated heterocycles. The Morgan fingerprint density at radius 3 is 2.57 bits per heavy atom. The van der Waals surface area contributed by atoms with Gasteiger partial charge in [0.05, 0.1) is 12.1 Å². The largest absolute Gasteiger partial charge is 0.433 e. The molecule has 3 aromatic rings. The van der Waals surface area contributed by atoms with Crippen LogP contribution in [0.2, 0.25) is 0 Å². The summed E-state index contributed by atoms with van der Waals surface area (Å²) in [7, 11) is 0. The van der Waals surface area contributed by atoms with E-state index in [1.165, 1.54) is 19.1 Å². The summed E-state index contributed by atoms with van der Waals surface area (Å²) in [5.41, 5.74) is 0.763. The molecule has 0 bridgehead atoms. The minimum absolute atomic E-state index is 0.0497. The van der Waals surface area contributed by atoms with Crippen LogP contribution in [-0.4, -0.2) is 38.5 Å². The van der Waals surface area contributed by atoms with E-state index in [0.29, 0.717) is 37.2 Å². The van der Waals surface area contributed by atoms with Crippen molar-refractivity contribution in [3.63, 3.8) is 0 Å². The smallest absolute Gasteiger partial charge is 0.342 e. The second kappa shape index (κ2) is 7.70. The van der Waals surface area contributed by atoms with Gasteiger partial charge in [0.1, 0.15) is 11.5 Å². The molecule has 0 N–H and O–H groups in total. The topological polar surface area (TPSA) is 50.5 Å². The molecular formula is C21H20F4N4O. The fraction of sp³-hybridized carbons (Fsp3) is 0.381. The molecule has 1 fully saturated rings. The number of rotatable bonds is 3. The standard InChI is InChI=1S/C21H20F4N4O/c1-13-9-18(21(23,24)25)29-19(26-13)12-17(27-29)15-5-7-28(8-6-15)20(30)11-14-3-2-4-16(22)10-14/h2-4,9-10,12,15H,5-8,11H2,1H3. The zero-order valence-electron chi connectivity index (χ0n) is 16.3. The first-order valence-electron chi connectivity index (χ1n) is 9.67. The number of piperidine rings is 1. The van der Waals surface area contributed by atoms with Gasteiger partial charge >= 0.3 is 6.18 Å². The lowest BCUT2D eigenvalue weighted by molar-refractivity contribution is -0.142. The van der Waals surface area contributed by atoms with Crippen LogP contribution in [0.25, 0.3) is 5.65 Å². The Morgan fingerprint density at radius 1 is 1.17 bits per heavy atom. The van der Waals surface area contributed by atoms with Crippen molar-refractivity contribution in [1.29, 1.82) is 0 Å². The lowest BCUT2D eigenvalue weighted by atomic mass is 9.93. The molecule has 3 heterocycles. The van der Waals surface area contributed by atoms with E-state index in [0.717, 1.165) is 10.6 Å². The van der Waals surface area contributed by atoms with Crippen LogP contribution in [0.15, 0.2) is 36.4 Å². The van der Waals surface area contributed by atoms with Gasteiger partial charge in [-0.05, 0) is 43.5 Å². The molecular weight excluding hydrogens is 400 g/mol. The van der Waals surface area contributed by atoms with Crippen LogP contribution in [0.5, 0.6) is 0 Å². The van der Waals surface area contributed by atoms with E-state index in [2.05, 4.69) is 10.1 Å². The molecule has 30 heavy (non-hydrogen) atoms. The number of aryl methyl sites for hydroxylation is 1. The molecule has 0 saturated carbocycles. The van der Waals surface area contributed by atoms with Gasteiger partial charge in [-0.25, -0.2) is 13.9 Å². The number of halogens is 4. The summed E-state index contributed by atoms with van der Waals surface area (Å²) in [6.07, 6.45) is -3.21. The summed E-state index contributed by atoms with van der Waals surface area (Å²) in [6, 6.07) is 8.52. The van der Waals surface area contributed by atoms with E-state index in [1.54, 1.807) is 23.1 Å². The van der Waals surface area contributed by atoms with Crippen molar-refractivity contribution in [3.8, 4) is 0 Å². The molecule has 2 aromatic heterocycles. The van der Waals surface area contributed by atoms with Crippen LogP contribution in [-0.2, 0) is 17.4 Å². The lowest BCUT2D eigenvalue weighted by Crippen LogP contribution is -2.38. The highest BCUT2D eigenvalue weighted by Gasteiger charge is 2.35. The fourth-order valence-corrected chi connectivity index (χ4v) is 3.88. The number of benzene rings is 1. The Bertz CT molecular complexity index is 1080. The molecule has 0 radical (unpaired) electrons. The summed E-state index contributed by atoms with van der Waals surface area (Å²) >= 11 is 0. The lowest BCUT2D eigenvalue weighted by Gasteiger charge is -2.31. The van der Waals surface area contributed by atoms with Crippen molar-refractivity contribution < 1.29 is 22.4 Å². The van der Waals surface area contributed by atoms with Crippen LogP contribution in [0.4, 0.5) is 17.6 Å².